The van der Waals surface area contributed by atoms with Crippen LogP contribution in [0.15, 0.2) is 51.1 Å². The molecule has 0 saturated carbocycles. The first kappa shape index (κ1) is 21.0. The fraction of sp³-hybridized carbons (Fsp3) is 0.364. The summed E-state index contributed by atoms with van der Waals surface area (Å²) in [6, 6.07) is 8.33. The van der Waals surface area contributed by atoms with Gasteiger partial charge in [-0.05, 0) is 38.0 Å². The summed E-state index contributed by atoms with van der Waals surface area (Å²) in [5.41, 5.74) is 0.225. The van der Waals surface area contributed by atoms with Crippen LogP contribution in [0.4, 0.5) is 0 Å². The summed E-state index contributed by atoms with van der Waals surface area (Å²) in [6.45, 7) is 3.55. The zero-order valence-corrected chi connectivity index (χ0v) is 18.0. The van der Waals surface area contributed by atoms with Gasteiger partial charge < -0.3 is 18.6 Å². The second-order valence-electron chi connectivity index (χ2n) is 7.29. The Balaban J connectivity index is 1.34. The zero-order valence-electron chi connectivity index (χ0n) is 17.2. The predicted octanol–water partition coefficient (Wildman–Crippen LogP) is 3.14. The lowest BCUT2D eigenvalue weighted by Crippen LogP contribution is -2.37. The van der Waals surface area contributed by atoms with E-state index in [4.69, 9.17) is 9.15 Å². The van der Waals surface area contributed by atoms with Crippen LogP contribution in [-0.2, 0) is 11.3 Å². The molecule has 0 atom stereocenters. The summed E-state index contributed by atoms with van der Waals surface area (Å²) < 4.78 is 12.2. The van der Waals surface area contributed by atoms with E-state index in [1.807, 2.05) is 0 Å². The molecular weight excluding hydrogens is 418 g/mol. The second-order valence-corrected chi connectivity index (χ2v) is 8.18. The molecular formula is C22H23N3O5S. The summed E-state index contributed by atoms with van der Waals surface area (Å²) >= 11 is 1.46. The summed E-state index contributed by atoms with van der Waals surface area (Å²) in [6.07, 6.45) is 3.23. The number of aromatic nitrogens is 2. The molecule has 0 unspecified atom stereocenters. The third-order valence-electron chi connectivity index (χ3n) is 5.24. The predicted molar refractivity (Wildman–Crippen MR) is 114 cm³/mol. The Labute approximate surface area is 183 Å². The van der Waals surface area contributed by atoms with Crippen molar-refractivity contribution >= 4 is 23.2 Å². The van der Waals surface area contributed by atoms with Crippen LogP contribution in [0.1, 0.15) is 57.5 Å². The number of carbonyl (C=O) groups is 2. The van der Waals surface area contributed by atoms with Crippen molar-refractivity contribution in [2.24, 2.45) is 0 Å². The molecule has 31 heavy (non-hydrogen) atoms. The minimum atomic E-state index is -0.399. The van der Waals surface area contributed by atoms with Gasteiger partial charge in [-0.2, -0.15) is 0 Å². The molecule has 3 aromatic heterocycles. The van der Waals surface area contributed by atoms with E-state index < -0.39 is 5.97 Å². The third-order valence-corrected chi connectivity index (χ3v) is 6.24. The van der Waals surface area contributed by atoms with Crippen molar-refractivity contribution in [1.82, 2.24) is 14.5 Å². The van der Waals surface area contributed by atoms with Gasteiger partial charge in [-0.1, -0.05) is 6.07 Å². The fourth-order valence-electron chi connectivity index (χ4n) is 3.60. The van der Waals surface area contributed by atoms with E-state index in [1.54, 1.807) is 47.7 Å². The highest BCUT2D eigenvalue weighted by molar-refractivity contribution is 7.09. The number of piperidine rings is 1. The van der Waals surface area contributed by atoms with Gasteiger partial charge in [-0.3, -0.25) is 9.59 Å². The lowest BCUT2D eigenvalue weighted by Gasteiger charge is -2.30. The van der Waals surface area contributed by atoms with Crippen LogP contribution in [0.3, 0.4) is 0 Å². The zero-order chi connectivity index (χ0) is 21.8. The number of carbonyl (C=O) groups excluding carboxylic acids is 2. The van der Waals surface area contributed by atoms with E-state index in [1.165, 1.54) is 22.0 Å². The number of ether oxygens (including phenoxy) is 1. The van der Waals surface area contributed by atoms with Gasteiger partial charge in [0.1, 0.15) is 5.76 Å². The lowest BCUT2D eigenvalue weighted by molar-refractivity contribution is 0.0520. The van der Waals surface area contributed by atoms with Gasteiger partial charge in [-0.15, -0.1) is 11.3 Å². The largest absolute Gasteiger partial charge is 0.461 e. The lowest BCUT2D eigenvalue weighted by atomic mass is 9.97. The number of furan rings is 1. The SMILES string of the molecule is CCOC(=O)c1csc(C2CCN(C(=O)c3ccc(Cn4ccccc4=O)o3)CC2)n1. The van der Waals surface area contributed by atoms with E-state index in [-0.39, 0.29) is 29.7 Å². The Kier molecular flexibility index (Phi) is 6.31. The van der Waals surface area contributed by atoms with Crippen molar-refractivity contribution in [3.63, 3.8) is 0 Å². The van der Waals surface area contributed by atoms with Gasteiger partial charge >= 0.3 is 5.97 Å². The van der Waals surface area contributed by atoms with Crippen molar-refractivity contribution in [3.8, 4) is 0 Å². The standard InChI is InChI=1S/C22H23N3O5S/c1-2-29-22(28)17-14-31-20(23-17)15-8-11-24(12-9-15)21(27)18-7-6-16(30-18)13-25-10-4-3-5-19(25)26/h3-7,10,14-15H,2,8-9,11-13H2,1H3. The molecule has 0 aromatic carbocycles. The number of amides is 1. The molecule has 0 spiro atoms. The van der Waals surface area contributed by atoms with Crippen LogP contribution in [-0.4, -0.2) is 46.0 Å². The van der Waals surface area contributed by atoms with Crippen molar-refractivity contribution in [2.45, 2.75) is 32.2 Å². The van der Waals surface area contributed by atoms with E-state index in [0.29, 0.717) is 31.2 Å². The van der Waals surface area contributed by atoms with Crippen molar-refractivity contribution in [2.75, 3.05) is 19.7 Å². The van der Waals surface area contributed by atoms with Crippen LogP contribution >= 0.6 is 11.3 Å². The number of rotatable bonds is 6. The molecule has 0 aliphatic carbocycles. The maximum atomic E-state index is 12.8. The van der Waals surface area contributed by atoms with Crippen molar-refractivity contribution in [3.05, 3.63) is 74.5 Å². The maximum absolute atomic E-state index is 12.8. The molecule has 162 valence electrons. The molecule has 0 bridgehead atoms. The molecule has 1 aliphatic rings. The smallest absolute Gasteiger partial charge is 0.357 e. The molecule has 1 saturated heterocycles. The van der Waals surface area contributed by atoms with Gasteiger partial charge in [-0.25, -0.2) is 9.78 Å². The van der Waals surface area contributed by atoms with E-state index in [9.17, 15) is 14.4 Å². The van der Waals surface area contributed by atoms with Gasteiger partial charge in [0, 0.05) is 36.7 Å². The Morgan fingerprint density at radius 1 is 1.23 bits per heavy atom. The van der Waals surface area contributed by atoms with Crippen LogP contribution in [0.2, 0.25) is 0 Å². The normalized spacial score (nSPS) is 14.5. The highest BCUT2D eigenvalue weighted by Gasteiger charge is 2.28. The number of hydrogen-bond donors (Lipinski definition) is 0. The Bertz CT molecular complexity index is 1120. The second kappa shape index (κ2) is 9.30. The topological polar surface area (TPSA) is 94.6 Å². The molecule has 1 amide bonds. The highest BCUT2D eigenvalue weighted by atomic mass is 32.1. The summed E-state index contributed by atoms with van der Waals surface area (Å²) in [7, 11) is 0. The molecule has 9 heteroatoms. The first-order valence-electron chi connectivity index (χ1n) is 10.2. The molecule has 1 aliphatic heterocycles. The molecule has 0 N–H and O–H groups in total. The average molecular weight is 442 g/mol. The summed E-state index contributed by atoms with van der Waals surface area (Å²) in [4.78, 5) is 42.7. The van der Waals surface area contributed by atoms with Crippen molar-refractivity contribution in [1.29, 1.82) is 0 Å². The van der Waals surface area contributed by atoms with Crippen LogP contribution < -0.4 is 5.56 Å². The molecule has 8 nitrogen and oxygen atoms in total. The first-order valence-corrected chi connectivity index (χ1v) is 11.1. The first-order chi connectivity index (χ1) is 15.0. The molecule has 0 radical (unpaired) electrons. The Hall–Kier alpha value is -3.20. The van der Waals surface area contributed by atoms with Crippen LogP contribution in [0, 0.1) is 0 Å². The highest BCUT2D eigenvalue weighted by Crippen LogP contribution is 2.31. The Morgan fingerprint density at radius 3 is 2.77 bits per heavy atom. The number of thiazole rings is 1. The summed E-state index contributed by atoms with van der Waals surface area (Å²) in [5, 5.41) is 2.64. The molecule has 4 heterocycles. The number of likely N-dealkylation sites (tertiary alicyclic amines) is 1. The fourth-order valence-corrected chi connectivity index (χ4v) is 4.56. The van der Waals surface area contributed by atoms with E-state index >= 15 is 0 Å². The van der Waals surface area contributed by atoms with E-state index in [2.05, 4.69) is 4.98 Å². The molecule has 4 rings (SSSR count). The number of nitrogens with zero attached hydrogens (tertiary/aromatic N) is 3. The molecule has 3 aromatic rings. The van der Waals surface area contributed by atoms with Crippen molar-refractivity contribution < 1.29 is 18.7 Å². The van der Waals surface area contributed by atoms with E-state index in [0.717, 1.165) is 17.8 Å². The maximum Gasteiger partial charge on any atom is 0.357 e. The monoisotopic (exact) mass is 441 g/mol. The quantitative estimate of drug-likeness (QED) is 0.546. The van der Waals surface area contributed by atoms with Gasteiger partial charge in [0.05, 0.1) is 18.2 Å². The summed E-state index contributed by atoms with van der Waals surface area (Å²) in [5.74, 6) is 0.492. The number of hydrogen-bond acceptors (Lipinski definition) is 7. The van der Waals surface area contributed by atoms with Gasteiger partial charge in [0.2, 0.25) is 0 Å². The third kappa shape index (κ3) is 4.77. The van der Waals surface area contributed by atoms with Gasteiger partial charge in [0.25, 0.3) is 11.5 Å². The number of pyridine rings is 1. The minimum Gasteiger partial charge on any atom is -0.461 e. The van der Waals surface area contributed by atoms with Gasteiger partial charge in [0.15, 0.2) is 11.5 Å². The van der Waals surface area contributed by atoms with Crippen LogP contribution in [0.5, 0.6) is 0 Å². The Morgan fingerprint density at radius 2 is 2.03 bits per heavy atom. The number of esters is 1. The minimum absolute atomic E-state index is 0.123. The van der Waals surface area contributed by atoms with Crippen LogP contribution in [0.25, 0.3) is 0 Å². The molecule has 1 fully saturated rings. The average Bonchev–Trinajstić information content (AvgIpc) is 3.45.